The fraction of sp³-hybridized carbons (Fsp3) is 0.294. The van der Waals surface area contributed by atoms with Gasteiger partial charge in [0.1, 0.15) is 6.54 Å². The number of nitrogens with one attached hydrogen (secondary N) is 1. The van der Waals surface area contributed by atoms with E-state index in [9.17, 15) is 0 Å². The second-order valence-corrected chi connectivity index (χ2v) is 5.40. The number of hydrazone groups is 1. The second kappa shape index (κ2) is 6.99. The number of hydrogen-bond acceptors (Lipinski definition) is 3. The standard InChI is InChI=1S/C17H20N4/c1-2-5-16(6-3-1)15-20-9-11-21(12-10-20)19-14-17-7-4-8-18-13-17/h1-8,13-14H,9-12,15H2/p+1/b19-14+. The number of pyridine rings is 1. The van der Waals surface area contributed by atoms with Gasteiger partial charge in [-0.3, -0.25) is 9.99 Å². The normalized spacial score (nSPS) is 16.5. The zero-order valence-electron chi connectivity index (χ0n) is 12.2. The highest BCUT2D eigenvalue weighted by molar-refractivity contribution is 5.78. The number of hydrogen-bond donors (Lipinski definition) is 1. The molecule has 4 nitrogen and oxygen atoms in total. The highest BCUT2D eigenvalue weighted by atomic mass is 15.5. The summed E-state index contributed by atoms with van der Waals surface area (Å²) in [5.41, 5.74) is 2.47. The number of nitrogens with zero attached hydrogens (tertiary/aromatic N) is 3. The minimum Gasteiger partial charge on any atom is -0.328 e. The van der Waals surface area contributed by atoms with Crippen molar-refractivity contribution < 1.29 is 4.90 Å². The first-order chi connectivity index (χ1) is 10.4. The third kappa shape index (κ3) is 4.13. The van der Waals surface area contributed by atoms with E-state index in [-0.39, 0.29) is 0 Å². The summed E-state index contributed by atoms with van der Waals surface area (Å²) in [4.78, 5) is 5.73. The quantitative estimate of drug-likeness (QED) is 0.842. The lowest BCUT2D eigenvalue weighted by Gasteiger charge is -2.30. The van der Waals surface area contributed by atoms with E-state index in [0.29, 0.717) is 0 Å². The Bertz CT molecular complexity index is 560. The van der Waals surface area contributed by atoms with Gasteiger partial charge in [0.2, 0.25) is 0 Å². The Balaban J connectivity index is 1.48. The van der Waals surface area contributed by atoms with Crippen LogP contribution in [0, 0.1) is 0 Å². The van der Waals surface area contributed by atoms with E-state index in [1.807, 2.05) is 24.5 Å². The molecule has 0 amide bonds. The smallest absolute Gasteiger partial charge is 0.103 e. The van der Waals surface area contributed by atoms with E-state index >= 15 is 0 Å². The van der Waals surface area contributed by atoms with Gasteiger partial charge in [-0.1, -0.05) is 36.4 Å². The lowest BCUT2D eigenvalue weighted by Crippen LogP contribution is -3.13. The molecule has 21 heavy (non-hydrogen) atoms. The molecule has 3 rings (SSSR count). The summed E-state index contributed by atoms with van der Waals surface area (Å²) in [7, 11) is 0. The van der Waals surface area contributed by atoms with Crippen LogP contribution in [0.2, 0.25) is 0 Å². The third-order valence-corrected chi connectivity index (χ3v) is 3.80. The van der Waals surface area contributed by atoms with Crippen LogP contribution in [-0.4, -0.2) is 42.4 Å². The van der Waals surface area contributed by atoms with Gasteiger partial charge in [0.05, 0.1) is 32.4 Å². The van der Waals surface area contributed by atoms with Crippen LogP contribution in [0.4, 0.5) is 0 Å². The van der Waals surface area contributed by atoms with Crippen molar-refractivity contribution in [2.45, 2.75) is 6.54 Å². The maximum Gasteiger partial charge on any atom is 0.103 e. The number of rotatable bonds is 4. The molecule has 1 aliphatic rings. The van der Waals surface area contributed by atoms with Crippen LogP contribution in [-0.2, 0) is 6.54 Å². The molecular weight excluding hydrogens is 260 g/mol. The molecule has 0 spiro atoms. The molecule has 0 saturated carbocycles. The summed E-state index contributed by atoms with van der Waals surface area (Å²) in [6.07, 6.45) is 5.51. The number of piperazine rings is 1. The van der Waals surface area contributed by atoms with Crippen LogP contribution in [0.1, 0.15) is 11.1 Å². The topological polar surface area (TPSA) is 32.9 Å². The lowest BCUT2D eigenvalue weighted by molar-refractivity contribution is -0.918. The van der Waals surface area contributed by atoms with Crippen molar-refractivity contribution in [3.8, 4) is 0 Å². The molecule has 2 aromatic rings. The Morgan fingerprint density at radius 3 is 2.62 bits per heavy atom. The first kappa shape index (κ1) is 13.8. The fourth-order valence-electron chi connectivity index (χ4n) is 2.59. The van der Waals surface area contributed by atoms with Crippen LogP contribution in [0.5, 0.6) is 0 Å². The molecule has 108 valence electrons. The van der Waals surface area contributed by atoms with Crippen LogP contribution in [0.3, 0.4) is 0 Å². The van der Waals surface area contributed by atoms with E-state index in [1.54, 1.807) is 11.1 Å². The predicted octanol–water partition coefficient (Wildman–Crippen LogP) is 0.816. The summed E-state index contributed by atoms with van der Waals surface area (Å²) in [6.45, 7) is 5.41. The Labute approximate surface area is 125 Å². The van der Waals surface area contributed by atoms with Crippen LogP contribution in [0.25, 0.3) is 0 Å². The van der Waals surface area contributed by atoms with E-state index in [0.717, 1.165) is 38.3 Å². The first-order valence-electron chi connectivity index (χ1n) is 7.46. The molecule has 0 bridgehead atoms. The van der Waals surface area contributed by atoms with E-state index in [2.05, 4.69) is 45.4 Å². The molecule has 4 heteroatoms. The van der Waals surface area contributed by atoms with Gasteiger partial charge in [-0.05, 0) is 6.07 Å². The molecule has 1 fully saturated rings. The van der Waals surface area contributed by atoms with Gasteiger partial charge in [0.25, 0.3) is 0 Å². The molecule has 0 atom stereocenters. The molecule has 0 radical (unpaired) electrons. The van der Waals surface area contributed by atoms with Crippen molar-refractivity contribution in [2.75, 3.05) is 26.2 Å². The van der Waals surface area contributed by atoms with Crippen molar-refractivity contribution in [1.82, 2.24) is 9.99 Å². The summed E-state index contributed by atoms with van der Waals surface area (Å²) in [6, 6.07) is 14.7. The molecular formula is C17H21N4+. The zero-order chi connectivity index (χ0) is 14.3. The average Bonchev–Trinajstić information content (AvgIpc) is 2.56. The van der Waals surface area contributed by atoms with Crippen molar-refractivity contribution >= 4 is 6.21 Å². The monoisotopic (exact) mass is 281 g/mol. The Morgan fingerprint density at radius 1 is 1.10 bits per heavy atom. The predicted molar refractivity (Wildman–Crippen MR) is 84.2 cm³/mol. The van der Waals surface area contributed by atoms with Gasteiger partial charge >= 0.3 is 0 Å². The average molecular weight is 281 g/mol. The van der Waals surface area contributed by atoms with E-state index < -0.39 is 0 Å². The maximum absolute atomic E-state index is 4.55. The van der Waals surface area contributed by atoms with Crippen LogP contribution < -0.4 is 4.90 Å². The summed E-state index contributed by atoms with van der Waals surface area (Å²) < 4.78 is 0. The molecule has 1 aromatic heterocycles. The Morgan fingerprint density at radius 2 is 1.90 bits per heavy atom. The highest BCUT2D eigenvalue weighted by Gasteiger charge is 2.18. The van der Waals surface area contributed by atoms with Gasteiger partial charge in [0, 0.05) is 23.5 Å². The maximum atomic E-state index is 4.55. The molecule has 1 aromatic carbocycles. The lowest BCUT2D eigenvalue weighted by atomic mass is 10.2. The Hall–Kier alpha value is -2.20. The molecule has 0 unspecified atom stereocenters. The van der Waals surface area contributed by atoms with Gasteiger partial charge < -0.3 is 4.90 Å². The molecule has 1 aliphatic heterocycles. The van der Waals surface area contributed by atoms with Gasteiger partial charge in [0.15, 0.2) is 0 Å². The van der Waals surface area contributed by atoms with Crippen LogP contribution in [0.15, 0.2) is 60.0 Å². The summed E-state index contributed by atoms with van der Waals surface area (Å²) in [5.74, 6) is 0. The van der Waals surface area contributed by atoms with Crippen molar-refractivity contribution in [3.05, 3.63) is 66.0 Å². The number of quaternary nitrogens is 1. The van der Waals surface area contributed by atoms with Crippen molar-refractivity contribution in [3.63, 3.8) is 0 Å². The SMILES string of the molecule is C(=N\N1CC[NH+](Cc2ccccc2)CC1)/c1cccnc1. The zero-order valence-corrected chi connectivity index (χ0v) is 12.2. The first-order valence-corrected chi connectivity index (χ1v) is 7.46. The summed E-state index contributed by atoms with van der Waals surface area (Å²) in [5, 5.41) is 6.70. The number of benzene rings is 1. The molecule has 0 aliphatic carbocycles. The van der Waals surface area contributed by atoms with Crippen LogP contribution >= 0.6 is 0 Å². The minimum absolute atomic E-state index is 1.01. The van der Waals surface area contributed by atoms with E-state index in [1.165, 1.54) is 5.56 Å². The van der Waals surface area contributed by atoms with Gasteiger partial charge in [-0.15, -0.1) is 0 Å². The fourth-order valence-corrected chi connectivity index (χ4v) is 2.59. The minimum atomic E-state index is 1.01. The van der Waals surface area contributed by atoms with Gasteiger partial charge in [-0.2, -0.15) is 5.10 Å². The van der Waals surface area contributed by atoms with E-state index in [4.69, 9.17) is 0 Å². The van der Waals surface area contributed by atoms with Crippen molar-refractivity contribution in [1.29, 1.82) is 0 Å². The second-order valence-electron chi connectivity index (χ2n) is 5.40. The Kier molecular flexibility index (Phi) is 4.59. The third-order valence-electron chi connectivity index (χ3n) is 3.80. The summed E-state index contributed by atoms with van der Waals surface area (Å²) >= 11 is 0. The van der Waals surface area contributed by atoms with Gasteiger partial charge in [-0.25, -0.2) is 0 Å². The highest BCUT2D eigenvalue weighted by Crippen LogP contribution is 1.98. The molecule has 1 N–H and O–H groups in total. The van der Waals surface area contributed by atoms with Crippen molar-refractivity contribution in [2.24, 2.45) is 5.10 Å². The number of aromatic nitrogens is 1. The molecule has 2 heterocycles. The molecule has 1 saturated heterocycles. The largest absolute Gasteiger partial charge is 0.328 e.